The van der Waals surface area contributed by atoms with Crippen LogP contribution in [0.25, 0.3) is 0 Å². The predicted molar refractivity (Wildman–Crippen MR) is 116 cm³/mol. The average Bonchev–Trinajstić information content (AvgIpc) is 2.61. The lowest BCUT2D eigenvalue weighted by Gasteiger charge is -2.04. The molecule has 1 saturated heterocycles. The van der Waals surface area contributed by atoms with Crippen LogP contribution in [-0.4, -0.2) is 43.5 Å². The van der Waals surface area contributed by atoms with Gasteiger partial charge < -0.3 is 0 Å². The van der Waals surface area contributed by atoms with Crippen LogP contribution >= 0.6 is 47.0 Å². The van der Waals surface area contributed by atoms with Crippen LogP contribution in [0.15, 0.2) is 0 Å². The largest absolute Gasteiger partial charge is 0.287 e. The molecule has 4 nitrogen and oxygen atoms in total. The van der Waals surface area contributed by atoms with Gasteiger partial charge in [-0.25, -0.2) is 0 Å². The van der Waals surface area contributed by atoms with Gasteiger partial charge in [-0.1, -0.05) is 47.0 Å². The Morgan fingerprint density at radius 3 is 0.846 bits per heavy atom. The van der Waals surface area contributed by atoms with Gasteiger partial charge in [-0.3, -0.25) is 19.2 Å². The minimum Gasteiger partial charge on any atom is -0.287 e. The second-order valence-electron chi connectivity index (χ2n) is 6.00. The van der Waals surface area contributed by atoms with E-state index >= 15 is 0 Å². The third-order valence-corrected chi connectivity index (χ3v) is 7.73. The smallest absolute Gasteiger partial charge is 0.188 e. The molecule has 0 aromatic carbocycles. The third kappa shape index (κ3) is 14.2. The van der Waals surface area contributed by atoms with Crippen molar-refractivity contribution in [2.75, 3.05) is 23.0 Å². The lowest BCUT2D eigenvalue weighted by Crippen LogP contribution is -2.00. The van der Waals surface area contributed by atoms with E-state index in [-0.39, 0.29) is 20.5 Å². The summed E-state index contributed by atoms with van der Waals surface area (Å²) in [6.45, 7) is 0. The molecule has 0 atom stereocenters. The number of hydrogen-bond donors (Lipinski definition) is 0. The van der Waals surface area contributed by atoms with Crippen molar-refractivity contribution < 1.29 is 19.2 Å². The molecule has 0 saturated carbocycles. The van der Waals surface area contributed by atoms with Crippen molar-refractivity contribution in [3.05, 3.63) is 0 Å². The topological polar surface area (TPSA) is 68.3 Å². The van der Waals surface area contributed by atoms with E-state index in [9.17, 15) is 19.2 Å². The highest BCUT2D eigenvalue weighted by atomic mass is 32.2. The first-order valence-corrected chi connectivity index (χ1v) is 13.1. The summed E-state index contributed by atoms with van der Waals surface area (Å²) < 4.78 is 0. The Hall–Kier alpha value is 0.0800. The minimum atomic E-state index is 0.185. The summed E-state index contributed by atoms with van der Waals surface area (Å²) in [4.78, 5) is 47.1. The zero-order valence-electron chi connectivity index (χ0n) is 15.2. The van der Waals surface area contributed by atoms with Crippen LogP contribution in [0.5, 0.6) is 0 Å². The van der Waals surface area contributed by atoms with E-state index in [0.717, 1.165) is 61.5 Å². The van der Waals surface area contributed by atoms with Gasteiger partial charge in [-0.05, 0) is 38.5 Å². The first-order valence-electron chi connectivity index (χ1n) is 9.20. The lowest BCUT2D eigenvalue weighted by molar-refractivity contribution is -0.112. The van der Waals surface area contributed by atoms with Gasteiger partial charge in [0.1, 0.15) is 0 Å². The van der Waals surface area contributed by atoms with Gasteiger partial charge in [0.05, 0.1) is 0 Å². The number of carbonyl (C=O) groups excluding carboxylic acids is 4. The summed E-state index contributed by atoms with van der Waals surface area (Å²) in [5.41, 5.74) is 0. The van der Waals surface area contributed by atoms with Gasteiger partial charge in [0.2, 0.25) is 0 Å². The first-order chi connectivity index (χ1) is 12.6. The van der Waals surface area contributed by atoms with Crippen molar-refractivity contribution in [2.24, 2.45) is 0 Å². The van der Waals surface area contributed by atoms with Crippen LogP contribution in [-0.2, 0) is 19.2 Å². The van der Waals surface area contributed by atoms with E-state index in [1.165, 1.54) is 47.0 Å². The van der Waals surface area contributed by atoms with Crippen LogP contribution in [0.3, 0.4) is 0 Å². The van der Waals surface area contributed by atoms with Gasteiger partial charge in [0, 0.05) is 48.7 Å². The second-order valence-corrected chi connectivity index (χ2v) is 10.6. The molecule has 1 heterocycles. The fourth-order valence-electron chi connectivity index (χ4n) is 2.23. The summed E-state index contributed by atoms with van der Waals surface area (Å²) >= 11 is 5.36. The monoisotopic (exact) mass is 436 g/mol. The summed E-state index contributed by atoms with van der Waals surface area (Å²) in [6, 6.07) is 0. The van der Waals surface area contributed by atoms with Crippen LogP contribution in [0.1, 0.15) is 64.2 Å². The highest BCUT2D eigenvalue weighted by Gasteiger charge is 2.09. The van der Waals surface area contributed by atoms with Crippen LogP contribution in [0.2, 0.25) is 0 Å². The van der Waals surface area contributed by atoms with E-state index in [1.54, 1.807) is 0 Å². The quantitative estimate of drug-likeness (QED) is 0.529. The molecule has 1 aliphatic rings. The van der Waals surface area contributed by atoms with Gasteiger partial charge in [0.15, 0.2) is 20.5 Å². The number of rotatable bonds is 0. The molecular formula is C18H28O4S4. The fourth-order valence-corrected chi connectivity index (χ4v) is 5.81. The van der Waals surface area contributed by atoms with Crippen LogP contribution in [0.4, 0.5) is 0 Å². The molecule has 0 bridgehead atoms. The summed E-state index contributed by atoms with van der Waals surface area (Å²) in [5, 5.41) is 0.742. The maximum atomic E-state index is 11.8. The Morgan fingerprint density at radius 1 is 0.385 bits per heavy atom. The van der Waals surface area contributed by atoms with E-state index in [0.29, 0.717) is 25.7 Å². The first kappa shape index (κ1) is 24.1. The zero-order chi connectivity index (χ0) is 19.0. The van der Waals surface area contributed by atoms with Crippen molar-refractivity contribution >= 4 is 67.5 Å². The highest BCUT2D eigenvalue weighted by Crippen LogP contribution is 2.19. The van der Waals surface area contributed by atoms with Crippen LogP contribution < -0.4 is 0 Å². The molecule has 8 heteroatoms. The summed E-state index contributed by atoms with van der Waals surface area (Å²) in [5.74, 6) is 3.00. The van der Waals surface area contributed by atoms with Crippen molar-refractivity contribution in [1.82, 2.24) is 0 Å². The van der Waals surface area contributed by atoms with Gasteiger partial charge in [-0.15, -0.1) is 0 Å². The van der Waals surface area contributed by atoms with Gasteiger partial charge in [-0.2, -0.15) is 0 Å². The van der Waals surface area contributed by atoms with E-state index in [1.807, 2.05) is 0 Å². The molecule has 1 rings (SSSR count). The Morgan fingerprint density at radius 2 is 0.615 bits per heavy atom. The fraction of sp³-hybridized carbons (Fsp3) is 0.778. The highest BCUT2D eigenvalue weighted by molar-refractivity contribution is 8.14. The van der Waals surface area contributed by atoms with E-state index < -0.39 is 0 Å². The van der Waals surface area contributed by atoms with Gasteiger partial charge in [0.25, 0.3) is 0 Å². The Labute approximate surface area is 173 Å². The molecule has 26 heavy (non-hydrogen) atoms. The predicted octanol–water partition coefficient (Wildman–Crippen LogP) is 4.94. The summed E-state index contributed by atoms with van der Waals surface area (Å²) in [7, 11) is 0. The van der Waals surface area contributed by atoms with Crippen molar-refractivity contribution in [3.8, 4) is 0 Å². The standard InChI is InChI=1S/C18H28O4S4/c19-15-7-1-2-8-16(20)24-12-6-14-26-18(22)10-4-3-9-17(21)25-13-5-11-23-15/h1-14H2. The average molecular weight is 437 g/mol. The maximum absolute atomic E-state index is 11.8. The van der Waals surface area contributed by atoms with E-state index in [4.69, 9.17) is 0 Å². The molecule has 0 N–H and O–H groups in total. The Bertz CT molecular complexity index is 386. The molecule has 0 amide bonds. The normalized spacial score (nSPS) is 22.5. The molecule has 1 fully saturated rings. The Balaban J connectivity index is 2.32. The van der Waals surface area contributed by atoms with Crippen molar-refractivity contribution in [1.29, 1.82) is 0 Å². The molecule has 0 unspecified atom stereocenters. The molecule has 0 spiro atoms. The maximum Gasteiger partial charge on any atom is 0.188 e. The molecule has 148 valence electrons. The zero-order valence-corrected chi connectivity index (χ0v) is 18.4. The summed E-state index contributed by atoms with van der Waals surface area (Å²) in [6.07, 6.45) is 6.81. The molecule has 0 aromatic heterocycles. The van der Waals surface area contributed by atoms with Crippen LogP contribution in [0, 0.1) is 0 Å². The second kappa shape index (κ2) is 16.1. The lowest BCUT2D eigenvalue weighted by atomic mass is 10.2. The SMILES string of the molecule is O=C1CCCCC(=O)SCCCSC(=O)CCCCC(=O)SCCCS1. The number of thioether (sulfide) groups is 4. The minimum absolute atomic E-state index is 0.185. The van der Waals surface area contributed by atoms with Crippen molar-refractivity contribution in [2.45, 2.75) is 64.2 Å². The number of hydrogen-bond acceptors (Lipinski definition) is 8. The van der Waals surface area contributed by atoms with Gasteiger partial charge >= 0.3 is 0 Å². The molecule has 0 aliphatic carbocycles. The molecule has 0 radical (unpaired) electrons. The van der Waals surface area contributed by atoms with Crippen molar-refractivity contribution in [3.63, 3.8) is 0 Å². The molecule has 0 aromatic rings. The third-order valence-electron chi connectivity index (χ3n) is 3.65. The molecular weight excluding hydrogens is 408 g/mol. The Kier molecular flexibility index (Phi) is 14.9. The van der Waals surface area contributed by atoms with E-state index in [2.05, 4.69) is 0 Å². The number of carbonyl (C=O) groups is 4. The molecule has 1 aliphatic heterocycles.